The third-order valence-corrected chi connectivity index (χ3v) is 2.82. The molecule has 0 aromatic rings. The molecule has 0 aromatic heterocycles. The fourth-order valence-electron chi connectivity index (χ4n) is 1.89. The van der Waals surface area contributed by atoms with Gasteiger partial charge >= 0.3 is 5.97 Å². The van der Waals surface area contributed by atoms with Crippen LogP contribution in [-0.2, 0) is 4.79 Å². The molecule has 3 unspecified atom stereocenters. The summed E-state index contributed by atoms with van der Waals surface area (Å²) in [5, 5.41) is 18.2. The molecule has 0 saturated heterocycles. The summed E-state index contributed by atoms with van der Waals surface area (Å²) >= 11 is 0. The fourth-order valence-corrected chi connectivity index (χ4v) is 1.89. The minimum Gasteiger partial charge on any atom is -0.481 e. The first-order valence-corrected chi connectivity index (χ1v) is 4.56. The minimum absolute atomic E-state index is 0.521. The maximum atomic E-state index is 10.6. The van der Waals surface area contributed by atoms with E-state index in [1.54, 1.807) is 0 Å². The lowest BCUT2D eigenvalue weighted by molar-refractivity contribution is -0.148. The van der Waals surface area contributed by atoms with E-state index in [9.17, 15) is 9.90 Å². The van der Waals surface area contributed by atoms with E-state index in [-0.39, 0.29) is 0 Å². The lowest BCUT2D eigenvalue weighted by Gasteiger charge is -2.29. The van der Waals surface area contributed by atoms with E-state index >= 15 is 0 Å². The van der Waals surface area contributed by atoms with Crippen molar-refractivity contribution < 1.29 is 15.0 Å². The molecule has 1 saturated carbocycles. The number of carboxylic acid groups (broad SMARTS) is 1. The van der Waals surface area contributed by atoms with Crippen molar-refractivity contribution in [2.45, 2.75) is 38.7 Å². The lowest BCUT2D eigenvalue weighted by atomic mass is 9.79. The zero-order valence-corrected chi connectivity index (χ0v) is 7.36. The summed E-state index contributed by atoms with van der Waals surface area (Å²) in [5.74, 6) is -0.847. The molecule has 0 radical (unpaired) electrons. The van der Waals surface area contributed by atoms with Gasteiger partial charge in [-0.1, -0.05) is 13.3 Å². The van der Waals surface area contributed by atoms with Gasteiger partial charge in [-0.3, -0.25) is 4.79 Å². The highest BCUT2D eigenvalue weighted by Gasteiger charge is 2.32. The van der Waals surface area contributed by atoms with Gasteiger partial charge in [0, 0.05) is 0 Å². The van der Waals surface area contributed by atoms with Crippen LogP contribution in [0.15, 0.2) is 0 Å². The number of carboxylic acids is 1. The van der Waals surface area contributed by atoms with Crippen molar-refractivity contribution in [3.63, 3.8) is 0 Å². The van der Waals surface area contributed by atoms with Gasteiger partial charge < -0.3 is 10.2 Å². The maximum absolute atomic E-state index is 10.6. The molecule has 3 atom stereocenters. The van der Waals surface area contributed by atoms with E-state index in [2.05, 4.69) is 6.92 Å². The van der Waals surface area contributed by atoms with Gasteiger partial charge in [0.1, 0.15) is 0 Å². The smallest absolute Gasteiger partial charge is 0.309 e. The quantitative estimate of drug-likeness (QED) is 0.659. The van der Waals surface area contributed by atoms with Crippen LogP contribution in [0.2, 0.25) is 0 Å². The highest BCUT2D eigenvalue weighted by Crippen LogP contribution is 2.30. The number of hydrogen-bond acceptors (Lipinski definition) is 2. The van der Waals surface area contributed by atoms with Gasteiger partial charge in [0.2, 0.25) is 0 Å². The molecule has 70 valence electrons. The Hall–Kier alpha value is -0.570. The Balaban J connectivity index is 2.47. The summed E-state index contributed by atoms with van der Waals surface area (Å²) in [7, 11) is 0. The van der Waals surface area contributed by atoms with Crippen LogP contribution in [0, 0.1) is 11.8 Å². The van der Waals surface area contributed by atoms with Gasteiger partial charge in [-0.2, -0.15) is 0 Å². The molecular formula is C9H16O3. The van der Waals surface area contributed by atoms with E-state index in [1.807, 2.05) is 0 Å². The third-order valence-electron chi connectivity index (χ3n) is 2.82. The van der Waals surface area contributed by atoms with E-state index in [1.165, 1.54) is 0 Å². The largest absolute Gasteiger partial charge is 0.481 e. The number of carbonyl (C=O) groups is 1. The normalized spacial score (nSPS) is 36.3. The first kappa shape index (κ1) is 9.52. The average Bonchev–Trinajstić information content (AvgIpc) is 2.03. The van der Waals surface area contributed by atoms with E-state index < -0.39 is 18.0 Å². The van der Waals surface area contributed by atoms with Crippen molar-refractivity contribution in [2.24, 2.45) is 11.8 Å². The van der Waals surface area contributed by atoms with E-state index in [0.29, 0.717) is 18.8 Å². The van der Waals surface area contributed by atoms with Gasteiger partial charge in [-0.25, -0.2) is 0 Å². The van der Waals surface area contributed by atoms with Crippen molar-refractivity contribution >= 4 is 5.97 Å². The molecule has 3 heteroatoms. The number of aliphatic hydroxyl groups is 1. The Bertz CT molecular complexity index is 167. The molecule has 0 aromatic carbocycles. The van der Waals surface area contributed by atoms with Crippen LogP contribution < -0.4 is 0 Å². The molecule has 2 N–H and O–H groups in total. The first-order valence-electron chi connectivity index (χ1n) is 4.56. The lowest BCUT2D eigenvalue weighted by Crippen LogP contribution is -2.34. The first-order chi connectivity index (χ1) is 5.65. The predicted molar refractivity (Wildman–Crippen MR) is 44.8 cm³/mol. The standard InChI is InChI=1S/C9H16O3/c1-2-6-3-4-7(9(11)12)8(10)5-6/h6-8,10H,2-5H2,1H3,(H,11,12). The van der Waals surface area contributed by atoms with Gasteiger partial charge in [0.05, 0.1) is 12.0 Å². The SMILES string of the molecule is CCC1CCC(C(=O)O)C(O)C1. The Morgan fingerprint density at radius 1 is 1.50 bits per heavy atom. The molecule has 12 heavy (non-hydrogen) atoms. The molecule has 0 amide bonds. The van der Waals surface area contributed by atoms with Crippen LogP contribution in [0.25, 0.3) is 0 Å². The highest BCUT2D eigenvalue weighted by atomic mass is 16.4. The molecule has 1 fully saturated rings. The van der Waals surface area contributed by atoms with Crippen molar-refractivity contribution in [2.75, 3.05) is 0 Å². The summed E-state index contributed by atoms with van der Waals surface area (Å²) in [6.07, 6.45) is 2.66. The molecule has 0 aliphatic heterocycles. The second-order valence-corrected chi connectivity index (χ2v) is 3.60. The van der Waals surface area contributed by atoms with Crippen LogP contribution in [0.5, 0.6) is 0 Å². The third kappa shape index (κ3) is 1.97. The molecule has 1 rings (SSSR count). The Kier molecular flexibility index (Phi) is 3.09. The molecule has 0 spiro atoms. The van der Waals surface area contributed by atoms with Crippen molar-refractivity contribution in [1.29, 1.82) is 0 Å². The predicted octanol–water partition coefficient (Wildman–Crippen LogP) is 1.26. The summed E-state index contributed by atoms with van der Waals surface area (Å²) in [5.41, 5.74) is 0. The summed E-state index contributed by atoms with van der Waals surface area (Å²) in [6.45, 7) is 2.08. The van der Waals surface area contributed by atoms with Gasteiger partial charge in [0.25, 0.3) is 0 Å². The molecule has 1 aliphatic rings. The van der Waals surface area contributed by atoms with Gasteiger partial charge in [-0.05, 0) is 25.2 Å². The zero-order chi connectivity index (χ0) is 9.14. The van der Waals surface area contributed by atoms with Crippen LogP contribution in [0.1, 0.15) is 32.6 Å². The van der Waals surface area contributed by atoms with Crippen molar-refractivity contribution in [3.05, 3.63) is 0 Å². The molecule has 1 aliphatic carbocycles. The Morgan fingerprint density at radius 2 is 2.17 bits per heavy atom. The summed E-state index contributed by atoms with van der Waals surface area (Å²) in [6, 6.07) is 0. The Morgan fingerprint density at radius 3 is 2.58 bits per heavy atom. The maximum Gasteiger partial charge on any atom is 0.309 e. The second kappa shape index (κ2) is 3.90. The highest BCUT2D eigenvalue weighted by molar-refractivity contribution is 5.70. The summed E-state index contributed by atoms with van der Waals surface area (Å²) in [4.78, 5) is 10.6. The Labute approximate surface area is 72.4 Å². The van der Waals surface area contributed by atoms with E-state index in [4.69, 9.17) is 5.11 Å². The second-order valence-electron chi connectivity index (χ2n) is 3.60. The van der Waals surface area contributed by atoms with Crippen LogP contribution in [0.4, 0.5) is 0 Å². The molecule has 0 bridgehead atoms. The van der Waals surface area contributed by atoms with Crippen LogP contribution >= 0.6 is 0 Å². The monoisotopic (exact) mass is 172 g/mol. The zero-order valence-electron chi connectivity index (χ0n) is 7.36. The number of rotatable bonds is 2. The van der Waals surface area contributed by atoms with Crippen LogP contribution in [0.3, 0.4) is 0 Å². The number of aliphatic carboxylic acids is 1. The number of aliphatic hydroxyl groups excluding tert-OH is 1. The molecule has 3 nitrogen and oxygen atoms in total. The van der Waals surface area contributed by atoms with Gasteiger partial charge in [-0.15, -0.1) is 0 Å². The van der Waals surface area contributed by atoms with E-state index in [0.717, 1.165) is 12.8 Å². The minimum atomic E-state index is -0.850. The van der Waals surface area contributed by atoms with Crippen molar-refractivity contribution in [1.82, 2.24) is 0 Å². The summed E-state index contributed by atoms with van der Waals surface area (Å²) < 4.78 is 0. The molecule has 0 heterocycles. The number of hydrogen-bond donors (Lipinski definition) is 2. The van der Waals surface area contributed by atoms with Gasteiger partial charge in [0.15, 0.2) is 0 Å². The van der Waals surface area contributed by atoms with Crippen LogP contribution in [-0.4, -0.2) is 22.3 Å². The van der Waals surface area contributed by atoms with Crippen molar-refractivity contribution in [3.8, 4) is 0 Å². The average molecular weight is 172 g/mol. The topological polar surface area (TPSA) is 57.5 Å². The molecular weight excluding hydrogens is 156 g/mol. The fraction of sp³-hybridized carbons (Fsp3) is 0.889.